The maximum absolute atomic E-state index is 11.1. The second kappa shape index (κ2) is 1.21. The third-order valence-electron chi connectivity index (χ3n) is 0.196. The molecule has 0 bridgehead atoms. The predicted octanol–water partition coefficient (Wildman–Crippen LogP) is 1.52. The maximum atomic E-state index is 11.1. The van der Waals surface area contributed by atoms with Gasteiger partial charge in [0.25, 0.3) is 0 Å². The Morgan fingerprint density at radius 1 is 1.67 bits per heavy atom. The summed E-state index contributed by atoms with van der Waals surface area (Å²) in [6.45, 7) is 6.28. The third-order valence-corrected chi connectivity index (χ3v) is 0.196. The van der Waals surface area contributed by atoms with Gasteiger partial charge in [0.2, 0.25) is 0 Å². The fourth-order valence-electron chi connectivity index (χ4n) is 0. The summed E-state index contributed by atoms with van der Waals surface area (Å²) in [6, 6.07) is -3.17. The Hall–Kier alpha value is -0.650. The molecule has 1 nitrogen and oxygen atoms in total. The zero-order valence-corrected chi connectivity index (χ0v) is 3.20. The molecule has 34 valence electrons. The average Bonchev–Trinajstić information content (AvgIpc) is 1.35. The van der Waals surface area contributed by atoms with Gasteiger partial charge in [0.05, 0.1) is 6.92 Å². The van der Waals surface area contributed by atoms with Gasteiger partial charge < -0.3 is 0 Å². The van der Waals surface area contributed by atoms with E-state index >= 15 is 0 Å². The lowest BCUT2D eigenvalue weighted by Crippen LogP contribution is -1.98. The van der Waals surface area contributed by atoms with Crippen LogP contribution in [-0.2, 0) is 0 Å². The van der Waals surface area contributed by atoms with E-state index in [1.54, 1.807) is 0 Å². The van der Waals surface area contributed by atoms with E-state index in [0.29, 0.717) is 6.92 Å². The van der Waals surface area contributed by atoms with Gasteiger partial charge in [-0.3, -0.25) is 0 Å². The minimum atomic E-state index is -3.17. The highest BCUT2D eigenvalue weighted by Gasteiger charge is 2.25. The number of halogens is 2. The zero-order valence-electron chi connectivity index (χ0n) is 3.20. The fraction of sp³-hybridized carbons (Fsp3) is 0.667. The molecule has 0 amide bonds. The van der Waals surface area contributed by atoms with Crippen LogP contribution in [0.25, 0.3) is 4.85 Å². The van der Waals surface area contributed by atoms with Gasteiger partial charge in [0.1, 0.15) is 0 Å². The molecule has 0 heterocycles. The molecule has 0 rings (SSSR count). The largest absolute Gasteiger partial charge is 0.524 e. The highest BCUT2D eigenvalue weighted by atomic mass is 19.3. The van der Waals surface area contributed by atoms with E-state index in [-0.39, 0.29) is 0 Å². The third kappa shape index (κ3) is 3.35. The van der Waals surface area contributed by atoms with Gasteiger partial charge in [-0.05, 0) is 0 Å². The van der Waals surface area contributed by atoms with Gasteiger partial charge in [-0.25, -0.2) is 11.4 Å². The number of hydrogen-bond donors (Lipinski definition) is 0. The fourth-order valence-corrected chi connectivity index (χ4v) is 0. The normalized spacial score (nSPS) is 10.3. The lowest BCUT2D eigenvalue weighted by Gasteiger charge is -1.86. The van der Waals surface area contributed by atoms with Crippen LogP contribution in [0.5, 0.6) is 0 Å². The summed E-state index contributed by atoms with van der Waals surface area (Å²) in [5.74, 6) is 0. The highest BCUT2D eigenvalue weighted by molar-refractivity contribution is 4.68. The van der Waals surface area contributed by atoms with Crippen LogP contribution in [0.4, 0.5) is 8.78 Å². The van der Waals surface area contributed by atoms with E-state index in [0.717, 1.165) is 0 Å². The van der Waals surface area contributed by atoms with Crippen molar-refractivity contribution in [3.63, 3.8) is 0 Å². The summed E-state index contributed by atoms with van der Waals surface area (Å²) >= 11 is 0. The summed E-state index contributed by atoms with van der Waals surface area (Å²) in [5.41, 5.74) is 0. The summed E-state index contributed by atoms with van der Waals surface area (Å²) in [7, 11) is 0. The first-order valence-electron chi connectivity index (χ1n) is 1.33. The molecule has 0 aromatic rings. The summed E-state index contributed by atoms with van der Waals surface area (Å²) in [5, 5.41) is 0. The molecule has 0 saturated heterocycles. The Morgan fingerprint density at radius 3 is 1.83 bits per heavy atom. The summed E-state index contributed by atoms with van der Waals surface area (Å²) < 4.78 is 22.2. The van der Waals surface area contributed by atoms with Crippen molar-refractivity contribution in [3.8, 4) is 0 Å². The molecule has 0 aromatic heterocycles. The van der Waals surface area contributed by atoms with E-state index < -0.39 is 6.05 Å². The minimum Gasteiger partial charge on any atom is -0.242 e. The van der Waals surface area contributed by atoms with E-state index in [1.165, 1.54) is 0 Å². The van der Waals surface area contributed by atoms with Crippen LogP contribution >= 0.6 is 0 Å². The lowest BCUT2D eigenvalue weighted by molar-refractivity contribution is 0.0744. The van der Waals surface area contributed by atoms with Crippen molar-refractivity contribution in [3.05, 3.63) is 11.4 Å². The molecule has 0 unspecified atom stereocenters. The molecular formula is C3H3F2N. The van der Waals surface area contributed by atoms with Gasteiger partial charge >= 0.3 is 6.05 Å². The molecule has 0 saturated carbocycles. The van der Waals surface area contributed by atoms with E-state index in [2.05, 4.69) is 0 Å². The monoisotopic (exact) mass is 91.0 g/mol. The van der Waals surface area contributed by atoms with Crippen molar-refractivity contribution in [2.75, 3.05) is 0 Å². The highest BCUT2D eigenvalue weighted by Crippen LogP contribution is 2.10. The molecule has 3 heteroatoms. The van der Waals surface area contributed by atoms with Gasteiger partial charge in [0.15, 0.2) is 0 Å². The van der Waals surface area contributed by atoms with Crippen LogP contribution in [0.1, 0.15) is 6.92 Å². The molecule has 0 atom stereocenters. The van der Waals surface area contributed by atoms with Crippen LogP contribution in [0, 0.1) is 6.57 Å². The Kier molecular flexibility index (Phi) is 1.08. The molecule has 0 spiro atoms. The first kappa shape index (κ1) is 5.35. The van der Waals surface area contributed by atoms with Crippen molar-refractivity contribution in [1.29, 1.82) is 0 Å². The number of rotatable bonds is 0. The van der Waals surface area contributed by atoms with Crippen molar-refractivity contribution in [2.24, 2.45) is 0 Å². The number of nitrogens with zero attached hydrogens (tertiary/aromatic N) is 1. The van der Waals surface area contributed by atoms with Crippen molar-refractivity contribution >= 4 is 0 Å². The van der Waals surface area contributed by atoms with Gasteiger partial charge in [-0.1, -0.05) is 0 Å². The Labute approximate surface area is 34.4 Å². The minimum absolute atomic E-state index is 0.556. The van der Waals surface area contributed by atoms with E-state index in [1.807, 2.05) is 4.85 Å². The van der Waals surface area contributed by atoms with Crippen LogP contribution in [0.15, 0.2) is 0 Å². The molecule has 0 aliphatic carbocycles. The predicted molar refractivity (Wildman–Crippen MR) is 17.2 cm³/mol. The van der Waals surface area contributed by atoms with Crippen LogP contribution in [0.3, 0.4) is 0 Å². The standard InChI is InChI=1S/C3H3F2N/c1-3(4,5)6-2/h1H3. The first-order chi connectivity index (χ1) is 2.56. The number of alkyl halides is 2. The summed E-state index contributed by atoms with van der Waals surface area (Å²) in [6.07, 6.45) is 0. The molecule has 0 aliphatic rings. The summed E-state index contributed by atoms with van der Waals surface area (Å²) in [4.78, 5) is 1.94. The molecule has 0 radical (unpaired) electrons. The molecule has 0 aliphatic heterocycles. The Morgan fingerprint density at radius 2 is 1.83 bits per heavy atom. The second-order valence-corrected chi connectivity index (χ2v) is 0.954. The SMILES string of the molecule is [C-]#[N+]C(C)(F)F. The van der Waals surface area contributed by atoms with Crippen molar-refractivity contribution in [1.82, 2.24) is 0 Å². The van der Waals surface area contributed by atoms with Crippen LogP contribution in [0.2, 0.25) is 0 Å². The molecule has 6 heavy (non-hydrogen) atoms. The van der Waals surface area contributed by atoms with Gasteiger partial charge in [-0.2, -0.15) is 0 Å². The topological polar surface area (TPSA) is 4.36 Å². The van der Waals surface area contributed by atoms with Crippen LogP contribution < -0.4 is 0 Å². The van der Waals surface area contributed by atoms with E-state index in [9.17, 15) is 8.78 Å². The van der Waals surface area contributed by atoms with Crippen molar-refractivity contribution in [2.45, 2.75) is 13.0 Å². The average molecular weight is 91.1 g/mol. The molecular weight excluding hydrogens is 88.0 g/mol. The molecule has 0 aromatic carbocycles. The van der Waals surface area contributed by atoms with Gasteiger partial charge in [0, 0.05) is 0 Å². The van der Waals surface area contributed by atoms with Gasteiger partial charge in [-0.15, -0.1) is 8.78 Å². The smallest absolute Gasteiger partial charge is 0.242 e. The van der Waals surface area contributed by atoms with E-state index in [4.69, 9.17) is 6.57 Å². The van der Waals surface area contributed by atoms with Crippen molar-refractivity contribution < 1.29 is 8.78 Å². The number of hydrogen-bond acceptors (Lipinski definition) is 0. The second-order valence-electron chi connectivity index (χ2n) is 0.954. The maximum Gasteiger partial charge on any atom is 0.524 e. The zero-order chi connectivity index (χ0) is 5.21. The first-order valence-corrected chi connectivity index (χ1v) is 1.33. The molecule has 0 fully saturated rings. The quantitative estimate of drug-likeness (QED) is 0.314. The van der Waals surface area contributed by atoms with Crippen LogP contribution in [-0.4, -0.2) is 6.05 Å². The lowest BCUT2D eigenvalue weighted by atomic mass is 10.7. The molecule has 0 N–H and O–H groups in total. The Balaban J connectivity index is 3.55. The Bertz CT molecular complexity index is 75.8.